The molecule has 0 aliphatic carbocycles. The van der Waals surface area contributed by atoms with Crippen molar-refractivity contribution in [3.05, 3.63) is 24.8 Å². The quantitative estimate of drug-likeness (QED) is 0.475. The van der Waals surface area contributed by atoms with Gasteiger partial charge >= 0.3 is 6.18 Å². The topological polar surface area (TPSA) is 0 Å². The first-order valence-corrected chi connectivity index (χ1v) is 2.34. The minimum atomic E-state index is -4.26. The van der Waals surface area contributed by atoms with Crippen LogP contribution in [0.25, 0.3) is 0 Å². The molecule has 0 rings (SSSR count). The Labute approximate surface area is 56.6 Å². The zero-order valence-corrected chi connectivity index (χ0v) is 5.34. The third kappa shape index (κ3) is 18.4. The van der Waals surface area contributed by atoms with Crippen LogP contribution in [-0.4, -0.2) is 6.18 Å². The van der Waals surface area contributed by atoms with Crippen molar-refractivity contribution < 1.29 is 13.2 Å². The standard InChI is InChI=1S/C3H2ClF3.C2H4/c4-2-1-3(5,6)7;1-2/h1-2H;1-2H2. The molecule has 0 amide bonds. The maximum Gasteiger partial charge on any atom is 0.410 e. The van der Waals surface area contributed by atoms with Crippen molar-refractivity contribution in [3.8, 4) is 0 Å². The summed E-state index contributed by atoms with van der Waals surface area (Å²) in [6.07, 6.45) is -4.31. The maximum absolute atomic E-state index is 10.9. The summed E-state index contributed by atoms with van der Waals surface area (Å²) in [6, 6.07) is 0. The van der Waals surface area contributed by atoms with Gasteiger partial charge in [0.2, 0.25) is 0 Å². The summed E-state index contributed by atoms with van der Waals surface area (Å²) in [5, 5.41) is 0. The van der Waals surface area contributed by atoms with Gasteiger partial charge in [0.05, 0.1) is 0 Å². The van der Waals surface area contributed by atoms with Gasteiger partial charge in [0, 0.05) is 11.6 Å². The van der Waals surface area contributed by atoms with Crippen molar-refractivity contribution in [2.75, 3.05) is 0 Å². The molecule has 0 aromatic heterocycles. The molecule has 0 unspecified atom stereocenters. The average molecular weight is 159 g/mol. The smallest absolute Gasteiger partial charge is 0.167 e. The van der Waals surface area contributed by atoms with Crippen LogP contribution in [0.5, 0.6) is 0 Å². The first kappa shape index (κ1) is 11.4. The number of allylic oxidation sites excluding steroid dienone is 1. The van der Waals surface area contributed by atoms with E-state index >= 15 is 0 Å². The van der Waals surface area contributed by atoms with Gasteiger partial charge < -0.3 is 0 Å². The van der Waals surface area contributed by atoms with Gasteiger partial charge in [0.25, 0.3) is 0 Å². The Hall–Kier alpha value is -0.440. The van der Waals surface area contributed by atoms with E-state index in [2.05, 4.69) is 24.8 Å². The highest BCUT2D eigenvalue weighted by atomic mass is 35.5. The van der Waals surface area contributed by atoms with Crippen molar-refractivity contribution in [2.24, 2.45) is 0 Å². The Morgan fingerprint density at radius 1 is 1.22 bits per heavy atom. The van der Waals surface area contributed by atoms with E-state index in [9.17, 15) is 13.2 Å². The third-order valence-electron chi connectivity index (χ3n) is 0.252. The molecule has 9 heavy (non-hydrogen) atoms. The Morgan fingerprint density at radius 3 is 1.56 bits per heavy atom. The maximum atomic E-state index is 10.9. The summed E-state index contributed by atoms with van der Waals surface area (Å²) in [6.45, 7) is 6.00. The van der Waals surface area contributed by atoms with E-state index in [-0.39, 0.29) is 6.08 Å². The molecule has 0 spiro atoms. The molecule has 0 saturated heterocycles. The van der Waals surface area contributed by atoms with Crippen LogP contribution in [0.15, 0.2) is 24.8 Å². The highest BCUT2D eigenvalue weighted by molar-refractivity contribution is 6.25. The Bertz CT molecular complexity index is 84.7. The molecule has 0 N–H and O–H groups in total. The summed E-state index contributed by atoms with van der Waals surface area (Å²) >= 11 is 4.59. The van der Waals surface area contributed by atoms with Gasteiger partial charge in [-0.1, -0.05) is 11.6 Å². The summed E-state index contributed by atoms with van der Waals surface area (Å²) in [5.41, 5.74) is 0.431. The van der Waals surface area contributed by atoms with Crippen molar-refractivity contribution in [1.29, 1.82) is 0 Å². The minimum Gasteiger partial charge on any atom is -0.167 e. The second kappa shape index (κ2) is 5.69. The lowest BCUT2D eigenvalue weighted by molar-refractivity contribution is -0.0796. The Kier molecular flexibility index (Phi) is 7.19. The predicted molar refractivity (Wildman–Crippen MR) is 32.3 cm³/mol. The fourth-order valence-corrected chi connectivity index (χ4v) is 0.214. The average Bonchev–Trinajstić information content (AvgIpc) is 1.69. The normalized spacial score (nSPS) is 10.7. The first-order valence-electron chi connectivity index (χ1n) is 1.91. The van der Waals surface area contributed by atoms with Crippen molar-refractivity contribution in [1.82, 2.24) is 0 Å². The molecular weight excluding hydrogens is 153 g/mol. The van der Waals surface area contributed by atoms with E-state index in [1.807, 2.05) is 0 Å². The van der Waals surface area contributed by atoms with E-state index in [1.165, 1.54) is 0 Å². The lowest BCUT2D eigenvalue weighted by Gasteiger charge is -1.92. The molecular formula is C5H6ClF3. The van der Waals surface area contributed by atoms with Gasteiger partial charge in [0.1, 0.15) is 0 Å². The van der Waals surface area contributed by atoms with Gasteiger partial charge in [-0.2, -0.15) is 13.2 Å². The molecule has 0 heterocycles. The van der Waals surface area contributed by atoms with E-state index in [0.29, 0.717) is 5.54 Å². The SMILES string of the molecule is C=C.FC(F)(F)C=CCl. The molecule has 0 aliphatic heterocycles. The largest absolute Gasteiger partial charge is 0.410 e. The highest BCUT2D eigenvalue weighted by Gasteiger charge is 2.21. The monoisotopic (exact) mass is 158 g/mol. The van der Waals surface area contributed by atoms with E-state index in [0.717, 1.165) is 0 Å². The third-order valence-corrected chi connectivity index (χ3v) is 0.378. The number of alkyl halides is 3. The number of halogens is 4. The minimum absolute atomic E-state index is 0.0471. The zero-order valence-electron chi connectivity index (χ0n) is 4.58. The summed E-state index contributed by atoms with van der Waals surface area (Å²) in [5.74, 6) is 0. The van der Waals surface area contributed by atoms with Crippen LogP contribution in [0.3, 0.4) is 0 Å². The summed E-state index contributed by atoms with van der Waals surface area (Å²) in [4.78, 5) is 0. The molecule has 0 bridgehead atoms. The zero-order chi connectivity index (χ0) is 7.91. The van der Waals surface area contributed by atoms with E-state index < -0.39 is 6.18 Å². The molecule has 0 aliphatic rings. The van der Waals surface area contributed by atoms with E-state index in [4.69, 9.17) is 0 Å². The first-order chi connectivity index (χ1) is 4.06. The van der Waals surface area contributed by atoms with Crippen molar-refractivity contribution in [3.63, 3.8) is 0 Å². The predicted octanol–water partition coefficient (Wildman–Crippen LogP) is 3.10. The molecule has 0 aromatic rings. The fourth-order valence-electron chi connectivity index (χ4n) is 0.0714. The van der Waals surface area contributed by atoms with Crippen molar-refractivity contribution in [2.45, 2.75) is 6.18 Å². The van der Waals surface area contributed by atoms with Crippen LogP contribution >= 0.6 is 11.6 Å². The lowest BCUT2D eigenvalue weighted by Crippen LogP contribution is -1.99. The molecule has 0 aromatic carbocycles. The van der Waals surface area contributed by atoms with Gasteiger partial charge in [-0.3, -0.25) is 0 Å². The van der Waals surface area contributed by atoms with Crippen LogP contribution in [0, 0.1) is 0 Å². The van der Waals surface area contributed by atoms with Crippen LogP contribution in [0.4, 0.5) is 13.2 Å². The molecule has 54 valence electrons. The van der Waals surface area contributed by atoms with Crippen LogP contribution in [0.2, 0.25) is 0 Å². The van der Waals surface area contributed by atoms with Gasteiger partial charge in [-0.05, 0) is 0 Å². The number of rotatable bonds is 0. The Balaban J connectivity index is 0. The van der Waals surface area contributed by atoms with Crippen LogP contribution in [0.1, 0.15) is 0 Å². The van der Waals surface area contributed by atoms with Gasteiger partial charge in [0.15, 0.2) is 0 Å². The number of hydrogen-bond donors (Lipinski definition) is 0. The summed E-state index contributed by atoms with van der Waals surface area (Å²) < 4.78 is 32.7. The lowest BCUT2D eigenvalue weighted by atomic mass is 10.6. The number of hydrogen-bond acceptors (Lipinski definition) is 0. The molecule has 0 nitrogen and oxygen atoms in total. The van der Waals surface area contributed by atoms with Crippen LogP contribution in [-0.2, 0) is 0 Å². The molecule has 0 saturated carbocycles. The molecule has 0 atom stereocenters. The van der Waals surface area contributed by atoms with Crippen LogP contribution < -0.4 is 0 Å². The highest BCUT2D eigenvalue weighted by Crippen LogP contribution is 2.15. The molecule has 0 fully saturated rings. The summed E-state index contributed by atoms with van der Waals surface area (Å²) in [7, 11) is 0. The van der Waals surface area contributed by atoms with Gasteiger partial charge in [-0.15, -0.1) is 13.2 Å². The molecule has 4 heteroatoms. The second-order valence-corrected chi connectivity index (χ2v) is 1.09. The molecule has 0 radical (unpaired) electrons. The fraction of sp³-hybridized carbons (Fsp3) is 0.200. The van der Waals surface area contributed by atoms with Gasteiger partial charge in [-0.25, -0.2) is 0 Å². The van der Waals surface area contributed by atoms with E-state index in [1.54, 1.807) is 0 Å². The Morgan fingerprint density at radius 2 is 1.56 bits per heavy atom. The second-order valence-electron chi connectivity index (χ2n) is 0.834. The van der Waals surface area contributed by atoms with Crippen molar-refractivity contribution >= 4 is 11.6 Å².